The average molecular weight is 281 g/mol. The third-order valence-corrected chi connectivity index (χ3v) is 4.46. The van der Waals surface area contributed by atoms with Crippen molar-refractivity contribution in [3.63, 3.8) is 0 Å². The lowest BCUT2D eigenvalue weighted by molar-refractivity contribution is -0.248. The van der Waals surface area contributed by atoms with Gasteiger partial charge in [-0.15, -0.1) is 0 Å². The minimum Gasteiger partial charge on any atom is -0.394 e. The molecule has 6 nitrogen and oxygen atoms in total. The summed E-state index contributed by atoms with van der Waals surface area (Å²) in [7, 11) is 1.89. The lowest BCUT2D eigenvalue weighted by atomic mass is 10.0. The number of nitrogens with one attached hydrogen (secondary N) is 1. The van der Waals surface area contributed by atoms with Crippen molar-refractivity contribution in [3.05, 3.63) is 0 Å². The zero-order valence-corrected chi connectivity index (χ0v) is 11.3. The lowest BCUT2D eigenvalue weighted by Crippen LogP contribution is -2.57. The molecule has 0 spiro atoms. The molecule has 1 aliphatic heterocycles. The van der Waals surface area contributed by atoms with Crippen LogP contribution in [0.15, 0.2) is 0 Å². The maximum atomic E-state index is 9.88. The highest BCUT2D eigenvalue weighted by atomic mass is 32.2. The molecule has 5 atom stereocenters. The molecule has 1 heterocycles. The lowest BCUT2D eigenvalue weighted by Gasteiger charge is -2.40. The van der Waals surface area contributed by atoms with E-state index in [4.69, 9.17) is 4.74 Å². The summed E-state index contributed by atoms with van der Waals surface area (Å²) in [5, 5.41) is 40.6. The summed E-state index contributed by atoms with van der Waals surface area (Å²) in [5.41, 5.74) is 0. The minimum absolute atomic E-state index is 0.283. The molecule has 0 unspecified atom stereocenters. The number of unbranched alkanes of at least 4 members (excludes halogenated alkanes) is 1. The monoisotopic (exact) mass is 281 g/mol. The van der Waals surface area contributed by atoms with Gasteiger partial charge in [0.25, 0.3) is 0 Å². The second kappa shape index (κ2) is 8.31. The number of rotatable bonds is 7. The van der Waals surface area contributed by atoms with Gasteiger partial charge in [-0.05, 0) is 32.2 Å². The fraction of sp³-hybridized carbons (Fsp3) is 1.00. The molecule has 0 bridgehead atoms. The number of aliphatic hydroxyl groups is 4. The Morgan fingerprint density at radius 3 is 2.50 bits per heavy atom. The third kappa shape index (κ3) is 4.34. The number of thioether (sulfide) groups is 1. The number of ether oxygens (including phenoxy) is 1. The van der Waals surface area contributed by atoms with Crippen LogP contribution in [0.5, 0.6) is 0 Å². The Bertz CT molecular complexity index is 231. The van der Waals surface area contributed by atoms with Crippen LogP contribution < -0.4 is 5.32 Å². The van der Waals surface area contributed by atoms with Crippen LogP contribution in [0.4, 0.5) is 0 Å². The summed E-state index contributed by atoms with van der Waals surface area (Å²) >= 11 is 1.46. The molecule has 1 rings (SSSR count). The smallest absolute Gasteiger partial charge is 0.183 e. The summed E-state index contributed by atoms with van der Waals surface area (Å²) in [6.07, 6.45) is -2.47. The molecule has 5 N–H and O–H groups in total. The van der Waals surface area contributed by atoms with Crippen LogP contribution in [0, 0.1) is 0 Å². The first-order chi connectivity index (χ1) is 8.61. The van der Waals surface area contributed by atoms with E-state index in [1.165, 1.54) is 11.8 Å². The fourth-order valence-electron chi connectivity index (χ4n) is 1.90. The zero-order chi connectivity index (χ0) is 13.5. The number of hydrogen-bond acceptors (Lipinski definition) is 7. The second-order valence-electron chi connectivity index (χ2n) is 4.37. The molecule has 0 amide bonds. The Morgan fingerprint density at radius 1 is 1.17 bits per heavy atom. The summed E-state index contributed by atoms with van der Waals surface area (Å²) in [6.45, 7) is 0.657. The van der Waals surface area contributed by atoms with Crippen LogP contribution in [0.3, 0.4) is 0 Å². The van der Waals surface area contributed by atoms with E-state index in [1.807, 2.05) is 7.05 Å². The van der Waals surface area contributed by atoms with E-state index in [2.05, 4.69) is 5.32 Å². The Kier molecular flexibility index (Phi) is 7.47. The molecule has 18 heavy (non-hydrogen) atoms. The minimum atomic E-state index is -1.43. The van der Waals surface area contributed by atoms with Gasteiger partial charge in [0, 0.05) is 0 Å². The van der Waals surface area contributed by atoms with Crippen LogP contribution in [0.25, 0.3) is 0 Å². The van der Waals surface area contributed by atoms with Crippen molar-refractivity contribution in [2.45, 2.75) is 42.7 Å². The first kappa shape index (κ1) is 16.2. The van der Waals surface area contributed by atoms with E-state index in [0.29, 0.717) is 0 Å². The molecule has 1 aliphatic rings. The highest BCUT2D eigenvalue weighted by Crippen LogP contribution is 2.29. The topological polar surface area (TPSA) is 102 Å². The molecular weight excluding hydrogens is 258 g/mol. The first-order valence-corrected chi connectivity index (χ1v) is 7.23. The van der Waals surface area contributed by atoms with Gasteiger partial charge in [-0.1, -0.05) is 0 Å². The summed E-state index contributed by atoms with van der Waals surface area (Å²) in [4.78, 5) is 0. The molecule has 0 aliphatic carbocycles. The van der Waals surface area contributed by atoms with E-state index in [-0.39, 0.29) is 6.61 Å². The second-order valence-corrected chi connectivity index (χ2v) is 5.66. The van der Waals surface area contributed by atoms with Crippen molar-refractivity contribution >= 4 is 11.8 Å². The predicted molar refractivity (Wildman–Crippen MR) is 69.4 cm³/mol. The SMILES string of the molecule is CNCCCCS[C@@H]1[C@H](O)[C@@H](O)[C@@H](O)O[C@@H]1CO. The summed E-state index contributed by atoms with van der Waals surface area (Å²) < 4.78 is 5.07. The van der Waals surface area contributed by atoms with Gasteiger partial charge in [0.05, 0.1) is 24.1 Å². The van der Waals surface area contributed by atoms with Gasteiger partial charge < -0.3 is 30.5 Å². The van der Waals surface area contributed by atoms with Crippen molar-refractivity contribution in [1.82, 2.24) is 5.32 Å². The molecule has 0 saturated carbocycles. The molecule has 0 aromatic rings. The molecular formula is C11H23NO5S. The van der Waals surface area contributed by atoms with Gasteiger partial charge >= 0.3 is 0 Å². The van der Waals surface area contributed by atoms with Crippen molar-refractivity contribution in [2.24, 2.45) is 0 Å². The van der Waals surface area contributed by atoms with Gasteiger partial charge in [0.2, 0.25) is 0 Å². The number of hydrogen-bond donors (Lipinski definition) is 5. The highest BCUT2D eigenvalue weighted by Gasteiger charge is 2.43. The van der Waals surface area contributed by atoms with Crippen LogP contribution in [-0.4, -0.2) is 76.2 Å². The van der Waals surface area contributed by atoms with Gasteiger partial charge in [0.15, 0.2) is 6.29 Å². The Morgan fingerprint density at radius 2 is 1.89 bits per heavy atom. The average Bonchev–Trinajstić information content (AvgIpc) is 2.37. The predicted octanol–water partition coefficient (Wildman–Crippen LogP) is -1.48. The van der Waals surface area contributed by atoms with E-state index in [9.17, 15) is 20.4 Å². The highest BCUT2D eigenvalue weighted by molar-refractivity contribution is 8.00. The van der Waals surface area contributed by atoms with E-state index < -0.39 is 29.9 Å². The summed E-state index contributed by atoms with van der Waals surface area (Å²) in [5.74, 6) is 0.812. The van der Waals surface area contributed by atoms with Gasteiger partial charge in [-0.2, -0.15) is 11.8 Å². The molecule has 0 aromatic heterocycles. The summed E-state index contributed by atoms with van der Waals surface area (Å²) in [6, 6.07) is 0. The molecule has 7 heteroatoms. The van der Waals surface area contributed by atoms with Crippen molar-refractivity contribution in [2.75, 3.05) is 26.0 Å². The van der Waals surface area contributed by atoms with Crippen LogP contribution >= 0.6 is 11.8 Å². The third-order valence-electron chi connectivity index (χ3n) is 2.97. The van der Waals surface area contributed by atoms with E-state index in [0.717, 1.165) is 25.1 Å². The quantitative estimate of drug-likeness (QED) is 0.363. The zero-order valence-electron chi connectivity index (χ0n) is 10.5. The standard InChI is InChI=1S/C11H23NO5S/c1-12-4-2-3-5-18-10-7(6-13)17-11(16)9(15)8(10)14/h7-16H,2-6H2,1H3/t7-,8-,9-,10+,11+/m1/s1. The van der Waals surface area contributed by atoms with Crippen LogP contribution in [-0.2, 0) is 4.74 Å². The maximum Gasteiger partial charge on any atom is 0.183 e. The van der Waals surface area contributed by atoms with E-state index in [1.54, 1.807) is 0 Å². The molecule has 1 fully saturated rings. The Hall–Kier alpha value is 0.110. The maximum absolute atomic E-state index is 9.88. The van der Waals surface area contributed by atoms with E-state index >= 15 is 0 Å². The van der Waals surface area contributed by atoms with Crippen molar-refractivity contribution < 1.29 is 25.2 Å². The van der Waals surface area contributed by atoms with Gasteiger partial charge in [-0.25, -0.2) is 0 Å². The van der Waals surface area contributed by atoms with Crippen molar-refractivity contribution in [1.29, 1.82) is 0 Å². The molecule has 0 radical (unpaired) electrons. The van der Waals surface area contributed by atoms with Crippen molar-refractivity contribution in [3.8, 4) is 0 Å². The largest absolute Gasteiger partial charge is 0.394 e. The molecule has 0 aromatic carbocycles. The molecule has 108 valence electrons. The Labute approximate surface area is 111 Å². The Balaban J connectivity index is 2.39. The normalized spacial score (nSPS) is 36.8. The van der Waals surface area contributed by atoms with Crippen LogP contribution in [0.1, 0.15) is 12.8 Å². The molecule has 1 saturated heterocycles. The first-order valence-electron chi connectivity index (χ1n) is 6.18. The van der Waals surface area contributed by atoms with Crippen LogP contribution in [0.2, 0.25) is 0 Å². The van der Waals surface area contributed by atoms with Gasteiger partial charge in [0.1, 0.15) is 6.10 Å². The fourth-order valence-corrected chi connectivity index (χ4v) is 3.26. The van der Waals surface area contributed by atoms with Gasteiger partial charge in [-0.3, -0.25) is 0 Å². The number of aliphatic hydroxyl groups excluding tert-OH is 4.